The van der Waals surface area contributed by atoms with Gasteiger partial charge in [-0.15, -0.1) is 0 Å². The van der Waals surface area contributed by atoms with Gasteiger partial charge in [0.25, 0.3) is 5.56 Å². The molecule has 4 nitrogen and oxygen atoms in total. The molecule has 2 aromatic carbocycles. The van der Waals surface area contributed by atoms with Gasteiger partial charge in [-0.1, -0.05) is 66.2 Å². The summed E-state index contributed by atoms with van der Waals surface area (Å²) < 4.78 is 42.6. The van der Waals surface area contributed by atoms with E-state index < -0.39 is 28.5 Å². The third-order valence-electron chi connectivity index (χ3n) is 6.27. The Morgan fingerprint density at radius 1 is 1.11 bits per heavy atom. The summed E-state index contributed by atoms with van der Waals surface area (Å²) in [6.45, 7) is 3.66. The van der Waals surface area contributed by atoms with Crippen molar-refractivity contribution in [2.45, 2.75) is 38.6 Å². The average Bonchev–Trinajstić information content (AvgIpc) is 2.82. The minimum atomic E-state index is -4.93. The highest BCUT2D eigenvalue weighted by atomic mass is 19.4. The standard InChI is InChI=1S/C28H23F3N2O2/c1-18-8-9-22(19(2)14-18)17-33-25(15-24(28(29,30)31)23(16-32)26(33)34)27(35)12-10-21(11-13-27)20-6-4-3-5-7-20/h3-12,14-15,35H,13,17H2,1-2H3. The summed E-state index contributed by atoms with van der Waals surface area (Å²) in [6, 6.07) is 17.1. The average molecular weight is 476 g/mol. The molecular formula is C28H23F3N2O2. The lowest BCUT2D eigenvalue weighted by molar-refractivity contribution is -0.138. The highest BCUT2D eigenvalue weighted by Crippen LogP contribution is 2.38. The molecule has 0 saturated carbocycles. The SMILES string of the molecule is Cc1ccc(Cn2c(C3(O)C=CC(c4ccccc4)=CC3)cc(C(F)(F)F)c(C#N)c2=O)c(C)c1. The van der Waals surface area contributed by atoms with Gasteiger partial charge in [0.1, 0.15) is 17.2 Å². The van der Waals surface area contributed by atoms with E-state index in [2.05, 4.69) is 0 Å². The predicted octanol–water partition coefficient (Wildman–Crippen LogP) is 5.64. The Balaban J connectivity index is 1.89. The number of halogens is 3. The van der Waals surface area contributed by atoms with Crippen LogP contribution in [0, 0.1) is 25.2 Å². The second-order valence-corrected chi connectivity index (χ2v) is 8.74. The summed E-state index contributed by atoms with van der Waals surface area (Å²) in [7, 11) is 0. The molecule has 0 bridgehead atoms. The first-order valence-corrected chi connectivity index (χ1v) is 11.0. The molecule has 0 spiro atoms. The van der Waals surface area contributed by atoms with Crippen molar-refractivity contribution in [2.75, 3.05) is 0 Å². The largest absolute Gasteiger partial charge is 0.417 e. The van der Waals surface area contributed by atoms with Gasteiger partial charge >= 0.3 is 6.18 Å². The van der Waals surface area contributed by atoms with Gasteiger partial charge < -0.3 is 9.67 Å². The van der Waals surface area contributed by atoms with E-state index in [4.69, 9.17) is 0 Å². The quantitative estimate of drug-likeness (QED) is 0.530. The highest BCUT2D eigenvalue weighted by molar-refractivity contribution is 5.75. The maximum Gasteiger partial charge on any atom is 0.417 e. The van der Waals surface area contributed by atoms with Gasteiger partial charge in [-0.3, -0.25) is 4.79 Å². The van der Waals surface area contributed by atoms with Crippen LogP contribution in [0.2, 0.25) is 0 Å². The lowest BCUT2D eigenvalue weighted by atomic mass is 9.85. The third-order valence-corrected chi connectivity index (χ3v) is 6.27. The van der Waals surface area contributed by atoms with Crippen molar-refractivity contribution in [1.82, 2.24) is 4.57 Å². The van der Waals surface area contributed by atoms with Gasteiger partial charge in [-0.25, -0.2) is 0 Å². The molecule has 35 heavy (non-hydrogen) atoms. The lowest BCUT2D eigenvalue weighted by Crippen LogP contribution is -2.37. The molecule has 1 N–H and O–H groups in total. The number of nitrogens with zero attached hydrogens (tertiary/aromatic N) is 2. The maximum absolute atomic E-state index is 13.8. The molecule has 1 atom stereocenters. The monoisotopic (exact) mass is 476 g/mol. The molecule has 4 rings (SSSR count). The van der Waals surface area contributed by atoms with Gasteiger partial charge in [0.2, 0.25) is 0 Å². The van der Waals surface area contributed by atoms with Crippen molar-refractivity contribution in [1.29, 1.82) is 5.26 Å². The van der Waals surface area contributed by atoms with Crippen LogP contribution in [0.4, 0.5) is 13.2 Å². The Labute approximate surface area is 200 Å². The second-order valence-electron chi connectivity index (χ2n) is 8.74. The smallest absolute Gasteiger partial charge is 0.379 e. The summed E-state index contributed by atoms with van der Waals surface area (Å²) in [4.78, 5) is 13.2. The molecule has 3 aromatic rings. The third kappa shape index (κ3) is 4.71. The normalized spacial score (nSPS) is 17.7. The van der Waals surface area contributed by atoms with E-state index in [1.54, 1.807) is 18.2 Å². The Hall–Kier alpha value is -3.89. The van der Waals surface area contributed by atoms with Crippen molar-refractivity contribution in [3.8, 4) is 6.07 Å². The van der Waals surface area contributed by atoms with Crippen molar-refractivity contribution in [3.05, 3.63) is 122 Å². The first-order valence-electron chi connectivity index (χ1n) is 11.0. The number of nitriles is 1. The zero-order valence-corrected chi connectivity index (χ0v) is 19.2. The number of rotatable bonds is 4. The molecule has 1 aliphatic carbocycles. The van der Waals surface area contributed by atoms with Crippen LogP contribution < -0.4 is 5.56 Å². The van der Waals surface area contributed by atoms with Crippen LogP contribution in [0.3, 0.4) is 0 Å². The molecule has 1 unspecified atom stereocenters. The molecule has 0 saturated heterocycles. The number of aryl methyl sites for hydroxylation is 2. The Morgan fingerprint density at radius 3 is 2.40 bits per heavy atom. The van der Waals surface area contributed by atoms with Crippen molar-refractivity contribution in [2.24, 2.45) is 0 Å². The molecule has 178 valence electrons. The van der Waals surface area contributed by atoms with Crippen LogP contribution in [0.15, 0.2) is 77.6 Å². The van der Waals surface area contributed by atoms with Crippen molar-refractivity contribution >= 4 is 5.57 Å². The van der Waals surface area contributed by atoms with Gasteiger partial charge in [-0.2, -0.15) is 18.4 Å². The van der Waals surface area contributed by atoms with Gasteiger partial charge in [0.05, 0.1) is 17.8 Å². The minimum Gasteiger partial charge on any atom is -0.379 e. The number of hydrogen-bond acceptors (Lipinski definition) is 3. The highest BCUT2D eigenvalue weighted by Gasteiger charge is 2.40. The van der Waals surface area contributed by atoms with Crippen LogP contribution in [0.25, 0.3) is 5.57 Å². The number of hydrogen-bond donors (Lipinski definition) is 1. The second kappa shape index (κ2) is 9.05. The van der Waals surface area contributed by atoms with E-state index in [0.717, 1.165) is 32.9 Å². The fraction of sp³-hybridized carbons (Fsp3) is 0.214. The summed E-state index contributed by atoms with van der Waals surface area (Å²) >= 11 is 0. The fourth-order valence-electron chi connectivity index (χ4n) is 4.35. The molecule has 0 fully saturated rings. The Kier molecular flexibility index (Phi) is 6.27. The fourth-order valence-corrected chi connectivity index (χ4v) is 4.35. The Bertz CT molecular complexity index is 1440. The number of allylic oxidation sites excluding steroid dienone is 2. The summed E-state index contributed by atoms with van der Waals surface area (Å²) in [6.07, 6.45) is -0.196. The number of aliphatic hydroxyl groups is 1. The molecule has 1 aliphatic rings. The number of pyridine rings is 1. The first-order chi connectivity index (χ1) is 16.5. The molecule has 0 aliphatic heterocycles. The molecule has 1 heterocycles. The van der Waals surface area contributed by atoms with E-state index in [0.29, 0.717) is 5.56 Å². The maximum atomic E-state index is 13.8. The van der Waals surface area contributed by atoms with Gasteiger partial charge in [0.15, 0.2) is 0 Å². The number of aromatic nitrogens is 1. The lowest BCUT2D eigenvalue weighted by Gasteiger charge is -2.31. The predicted molar refractivity (Wildman–Crippen MR) is 128 cm³/mol. The summed E-state index contributed by atoms with van der Waals surface area (Å²) in [5.41, 5.74) is -1.26. The number of benzene rings is 2. The van der Waals surface area contributed by atoms with E-state index in [9.17, 15) is 28.3 Å². The van der Waals surface area contributed by atoms with Gasteiger partial charge in [0, 0.05) is 6.42 Å². The minimum absolute atomic E-state index is 0.0384. The molecule has 7 heteroatoms. The Morgan fingerprint density at radius 2 is 1.83 bits per heavy atom. The van der Waals surface area contributed by atoms with Crippen molar-refractivity contribution < 1.29 is 18.3 Å². The number of alkyl halides is 3. The van der Waals surface area contributed by atoms with Crippen LogP contribution >= 0.6 is 0 Å². The van der Waals surface area contributed by atoms with Crippen LogP contribution in [0.1, 0.15) is 45.5 Å². The topological polar surface area (TPSA) is 66.0 Å². The molecule has 0 amide bonds. The summed E-state index contributed by atoms with van der Waals surface area (Å²) in [5, 5.41) is 20.9. The zero-order chi connectivity index (χ0) is 25.4. The van der Waals surface area contributed by atoms with Gasteiger partial charge in [-0.05, 0) is 48.3 Å². The molecule has 0 radical (unpaired) electrons. The zero-order valence-electron chi connectivity index (χ0n) is 19.2. The molecule has 1 aromatic heterocycles. The summed E-state index contributed by atoms with van der Waals surface area (Å²) in [5.74, 6) is 0. The van der Waals surface area contributed by atoms with Crippen LogP contribution in [0.5, 0.6) is 0 Å². The van der Waals surface area contributed by atoms with Crippen LogP contribution in [-0.4, -0.2) is 9.67 Å². The molecular weight excluding hydrogens is 453 g/mol. The van der Waals surface area contributed by atoms with E-state index in [1.807, 2.05) is 56.3 Å². The van der Waals surface area contributed by atoms with Crippen LogP contribution in [-0.2, 0) is 18.3 Å². The van der Waals surface area contributed by atoms with E-state index in [-0.39, 0.29) is 18.7 Å². The first kappa shape index (κ1) is 24.2. The van der Waals surface area contributed by atoms with E-state index in [1.165, 1.54) is 12.1 Å². The van der Waals surface area contributed by atoms with Crippen molar-refractivity contribution in [3.63, 3.8) is 0 Å². The van der Waals surface area contributed by atoms with E-state index >= 15 is 0 Å².